The SMILES string of the molecule is C[C@@H](O)CNC(=O)[C@@H]1Cc2ccccc2CN1. The zero-order valence-electron chi connectivity index (χ0n) is 9.94. The molecular formula is C13H18N2O2. The van der Waals surface area contributed by atoms with Crippen molar-refractivity contribution in [2.45, 2.75) is 32.0 Å². The van der Waals surface area contributed by atoms with Crippen LogP contribution in [0.25, 0.3) is 0 Å². The molecule has 1 aliphatic heterocycles. The van der Waals surface area contributed by atoms with Crippen LogP contribution in [0.5, 0.6) is 0 Å². The number of hydrogen-bond donors (Lipinski definition) is 3. The third kappa shape index (κ3) is 3.05. The van der Waals surface area contributed by atoms with Gasteiger partial charge in [0, 0.05) is 13.1 Å². The molecule has 3 N–H and O–H groups in total. The summed E-state index contributed by atoms with van der Waals surface area (Å²) in [4.78, 5) is 11.8. The first-order valence-corrected chi connectivity index (χ1v) is 5.93. The summed E-state index contributed by atoms with van der Waals surface area (Å²) in [5, 5.41) is 15.1. The lowest BCUT2D eigenvalue weighted by molar-refractivity contribution is -0.123. The molecule has 1 aliphatic rings. The highest BCUT2D eigenvalue weighted by atomic mass is 16.3. The normalized spacial score (nSPS) is 20.5. The van der Waals surface area contributed by atoms with Crippen LogP contribution in [0.4, 0.5) is 0 Å². The van der Waals surface area contributed by atoms with Crippen LogP contribution in [0.1, 0.15) is 18.1 Å². The zero-order valence-corrected chi connectivity index (χ0v) is 9.94. The molecule has 0 radical (unpaired) electrons. The molecule has 1 aromatic carbocycles. The molecule has 2 rings (SSSR count). The van der Waals surface area contributed by atoms with E-state index in [-0.39, 0.29) is 11.9 Å². The van der Waals surface area contributed by atoms with E-state index in [4.69, 9.17) is 5.11 Å². The van der Waals surface area contributed by atoms with Gasteiger partial charge in [-0.15, -0.1) is 0 Å². The number of nitrogens with one attached hydrogen (secondary N) is 2. The summed E-state index contributed by atoms with van der Waals surface area (Å²) in [6.07, 6.45) is 0.205. The standard InChI is InChI=1S/C13H18N2O2/c1-9(16)7-15-13(17)12-6-10-4-2-3-5-11(10)8-14-12/h2-5,9,12,14,16H,6-8H2,1H3,(H,15,17)/t9-,12+/m1/s1. The van der Waals surface area contributed by atoms with Gasteiger partial charge < -0.3 is 15.7 Å². The van der Waals surface area contributed by atoms with Gasteiger partial charge >= 0.3 is 0 Å². The van der Waals surface area contributed by atoms with Crippen molar-refractivity contribution in [2.75, 3.05) is 6.54 Å². The highest BCUT2D eigenvalue weighted by Crippen LogP contribution is 2.16. The number of aliphatic hydroxyl groups excluding tert-OH is 1. The summed E-state index contributed by atoms with van der Waals surface area (Å²) in [5.41, 5.74) is 2.48. The third-order valence-corrected chi connectivity index (χ3v) is 2.97. The quantitative estimate of drug-likeness (QED) is 0.700. The Labute approximate surface area is 101 Å². The van der Waals surface area contributed by atoms with E-state index >= 15 is 0 Å². The number of fused-ring (bicyclic) bond motifs is 1. The van der Waals surface area contributed by atoms with Crippen molar-refractivity contribution >= 4 is 5.91 Å². The van der Waals surface area contributed by atoms with E-state index in [1.165, 1.54) is 11.1 Å². The molecule has 1 heterocycles. The maximum absolute atomic E-state index is 11.8. The summed E-state index contributed by atoms with van der Waals surface area (Å²) in [6.45, 7) is 2.69. The molecule has 0 spiro atoms. The van der Waals surface area contributed by atoms with Gasteiger partial charge in [0.25, 0.3) is 0 Å². The second-order valence-electron chi connectivity index (χ2n) is 4.50. The minimum Gasteiger partial charge on any atom is -0.392 e. The van der Waals surface area contributed by atoms with Gasteiger partial charge in [-0.05, 0) is 24.5 Å². The lowest BCUT2D eigenvalue weighted by atomic mass is 9.95. The largest absolute Gasteiger partial charge is 0.392 e. The molecule has 0 saturated carbocycles. The molecule has 4 heteroatoms. The van der Waals surface area contributed by atoms with Crippen LogP contribution in [0.15, 0.2) is 24.3 Å². The van der Waals surface area contributed by atoms with Gasteiger partial charge in [0.15, 0.2) is 0 Å². The van der Waals surface area contributed by atoms with Gasteiger partial charge in [0.1, 0.15) is 0 Å². The van der Waals surface area contributed by atoms with Crippen molar-refractivity contribution in [2.24, 2.45) is 0 Å². The lowest BCUT2D eigenvalue weighted by Gasteiger charge is -2.25. The number of carbonyl (C=O) groups is 1. The molecular weight excluding hydrogens is 216 g/mol. The molecule has 92 valence electrons. The van der Waals surface area contributed by atoms with Gasteiger partial charge in [0.2, 0.25) is 5.91 Å². The van der Waals surface area contributed by atoms with Crippen molar-refractivity contribution in [3.8, 4) is 0 Å². The topological polar surface area (TPSA) is 61.4 Å². The van der Waals surface area contributed by atoms with E-state index in [0.717, 1.165) is 6.54 Å². The Kier molecular flexibility index (Phi) is 3.76. The highest BCUT2D eigenvalue weighted by molar-refractivity contribution is 5.82. The van der Waals surface area contributed by atoms with E-state index in [9.17, 15) is 4.79 Å². The Balaban J connectivity index is 1.95. The van der Waals surface area contributed by atoms with E-state index in [1.54, 1.807) is 6.92 Å². The number of carbonyl (C=O) groups excluding carboxylic acids is 1. The molecule has 0 fully saturated rings. The lowest BCUT2D eigenvalue weighted by Crippen LogP contribution is -2.48. The number of rotatable bonds is 3. The molecule has 0 aromatic heterocycles. The third-order valence-electron chi connectivity index (χ3n) is 2.97. The zero-order chi connectivity index (χ0) is 12.3. The second kappa shape index (κ2) is 5.29. The van der Waals surface area contributed by atoms with Crippen molar-refractivity contribution in [3.05, 3.63) is 35.4 Å². The van der Waals surface area contributed by atoms with Gasteiger partial charge in [-0.3, -0.25) is 4.79 Å². The Bertz CT molecular complexity index is 404. The van der Waals surface area contributed by atoms with Gasteiger partial charge in [-0.25, -0.2) is 0 Å². The van der Waals surface area contributed by atoms with E-state index in [1.807, 2.05) is 12.1 Å². The fraction of sp³-hybridized carbons (Fsp3) is 0.462. The molecule has 0 saturated heterocycles. The summed E-state index contributed by atoms with van der Waals surface area (Å²) in [6, 6.07) is 7.95. The van der Waals surface area contributed by atoms with Crippen molar-refractivity contribution in [1.82, 2.24) is 10.6 Å². The first-order valence-electron chi connectivity index (χ1n) is 5.93. The van der Waals surface area contributed by atoms with Crippen LogP contribution in [0, 0.1) is 0 Å². The van der Waals surface area contributed by atoms with Gasteiger partial charge in [0.05, 0.1) is 12.1 Å². The van der Waals surface area contributed by atoms with Crippen LogP contribution in [-0.2, 0) is 17.8 Å². The first kappa shape index (κ1) is 12.1. The molecule has 0 unspecified atom stereocenters. The summed E-state index contributed by atoms with van der Waals surface area (Å²) >= 11 is 0. The summed E-state index contributed by atoms with van der Waals surface area (Å²) in [5.74, 6) is -0.0413. The van der Waals surface area contributed by atoms with E-state index in [2.05, 4.69) is 22.8 Å². The van der Waals surface area contributed by atoms with Crippen LogP contribution >= 0.6 is 0 Å². The fourth-order valence-corrected chi connectivity index (χ4v) is 2.01. The molecule has 17 heavy (non-hydrogen) atoms. The monoisotopic (exact) mass is 234 g/mol. The number of amides is 1. The molecule has 0 bridgehead atoms. The Morgan fingerprint density at radius 1 is 1.53 bits per heavy atom. The Morgan fingerprint density at radius 2 is 2.24 bits per heavy atom. The molecule has 2 atom stereocenters. The average molecular weight is 234 g/mol. The predicted octanol–water partition coefficient (Wildman–Crippen LogP) is 0.198. The predicted molar refractivity (Wildman–Crippen MR) is 65.5 cm³/mol. The number of aliphatic hydroxyl groups is 1. The van der Waals surface area contributed by atoms with Gasteiger partial charge in [-0.1, -0.05) is 24.3 Å². The number of benzene rings is 1. The van der Waals surface area contributed by atoms with Crippen molar-refractivity contribution in [3.63, 3.8) is 0 Å². The van der Waals surface area contributed by atoms with Crippen LogP contribution in [-0.4, -0.2) is 29.7 Å². The molecule has 1 aromatic rings. The molecule has 1 amide bonds. The Morgan fingerprint density at radius 3 is 2.94 bits per heavy atom. The van der Waals surface area contributed by atoms with Crippen LogP contribution in [0.3, 0.4) is 0 Å². The van der Waals surface area contributed by atoms with Crippen molar-refractivity contribution in [1.29, 1.82) is 0 Å². The smallest absolute Gasteiger partial charge is 0.237 e. The highest BCUT2D eigenvalue weighted by Gasteiger charge is 2.23. The van der Waals surface area contributed by atoms with E-state index in [0.29, 0.717) is 13.0 Å². The minimum atomic E-state index is -0.505. The molecule has 0 aliphatic carbocycles. The van der Waals surface area contributed by atoms with Gasteiger partial charge in [-0.2, -0.15) is 0 Å². The van der Waals surface area contributed by atoms with Crippen LogP contribution in [0.2, 0.25) is 0 Å². The van der Waals surface area contributed by atoms with E-state index < -0.39 is 6.10 Å². The Hall–Kier alpha value is -1.39. The number of hydrogen-bond acceptors (Lipinski definition) is 3. The maximum atomic E-state index is 11.8. The van der Waals surface area contributed by atoms with Crippen molar-refractivity contribution < 1.29 is 9.90 Å². The van der Waals surface area contributed by atoms with Crippen LogP contribution < -0.4 is 10.6 Å². The fourth-order valence-electron chi connectivity index (χ4n) is 2.01. The average Bonchev–Trinajstić information content (AvgIpc) is 2.35. The first-order chi connectivity index (χ1) is 8.16. The second-order valence-corrected chi connectivity index (χ2v) is 4.50. The maximum Gasteiger partial charge on any atom is 0.237 e. The molecule has 4 nitrogen and oxygen atoms in total. The summed E-state index contributed by atoms with van der Waals surface area (Å²) < 4.78 is 0. The summed E-state index contributed by atoms with van der Waals surface area (Å²) in [7, 11) is 0. The minimum absolute atomic E-state index is 0.0413.